The Morgan fingerprint density at radius 1 is 1.17 bits per heavy atom. The Labute approximate surface area is 106 Å². The first-order chi connectivity index (χ1) is 8.66. The SMILES string of the molecule is CC(Oc1cncc(B(O)O)c1)c1ccccc1. The fourth-order valence-electron chi connectivity index (χ4n) is 1.64. The Hall–Kier alpha value is -1.85. The summed E-state index contributed by atoms with van der Waals surface area (Å²) >= 11 is 0. The van der Waals surface area contributed by atoms with Gasteiger partial charge in [0, 0.05) is 11.7 Å². The number of hydrogen-bond acceptors (Lipinski definition) is 4. The van der Waals surface area contributed by atoms with Crippen LogP contribution in [0.4, 0.5) is 0 Å². The number of benzene rings is 1. The first kappa shape index (κ1) is 12.6. The maximum absolute atomic E-state index is 9.06. The largest absolute Gasteiger partial charge is 0.490 e. The van der Waals surface area contributed by atoms with Crippen molar-refractivity contribution in [1.82, 2.24) is 4.98 Å². The van der Waals surface area contributed by atoms with Crippen LogP contribution in [0, 0.1) is 0 Å². The topological polar surface area (TPSA) is 62.6 Å². The van der Waals surface area contributed by atoms with Crippen molar-refractivity contribution in [2.45, 2.75) is 13.0 Å². The zero-order chi connectivity index (χ0) is 13.0. The molecule has 1 atom stereocenters. The van der Waals surface area contributed by atoms with Gasteiger partial charge in [-0.1, -0.05) is 30.3 Å². The number of hydrogen-bond donors (Lipinski definition) is 2. The molecule has 18 heavy (non-hydrogen) atoms. The molecule has 1 aromatic carbocycles. The van der Waals surface area contributed by atoms with E-state index in [1.807, 2.05) is 37.3 Å². The molecule has 0 fully saturated rings. The highest BCUT2D eigenvalue weighted by atomic mass is 16.5. The fourth-order valence-corrected chi connectivity index (χ4v) is 1.64. The zero-order valence-electron chi connectivity index (χ0n) is 10.0. The van der Waals surface area contributed by atoms with Crippen LogP contribution in [0.1, 0.15) is 18.6 Å². The lowest BCUT2D eigenvalue weighted by molar-refractivity contribution is 0.226. The molecule has 1 heterocycles. The van der Waals surface area contributed by atoms with Crippen molar-refractivity contribution >= 4 is 12.6 Å². The number of rotatable bonds is 4. The monoisotopic (exact) mass is 243 g/mol. The van der Waals surface area contributed by atoms with Gasteiger partial charge in [-0.3, -0.25) is 4.98 Å². The van der Waals surface area contributed by atoms with Gasteiger partial charge < -0.3 is 14.8 Å². The molecule has 0 amide bonds. The Morgan fingerprint density at radius 2 is 1.89 bits per heavy atom. The van der Waals surface area contributed by atoms with Gasteiger partial charge in [0.25, 0.3) is 0 Å². The smallest absolute Gasteiger partial charge is 0.484 e. The summed E-state index contributed by atoms with van der Waals surface area (Å²) in [4.78, 5) is 3.91. The lowest BCUT2D eigenvalue weighted by Gasteiger charge is -2.15. The predicted octanol–water partition coefficient (Wildman–Crippen LogP) is 0.901. The average Bonchev–Trinajstić information content (AvgIpc) is 2.40. The maximum atomic E-state index is 9.06. The zero-order valence-corrected chi connectivity index (χ0v) is 10.0. The molecule has 92 valence electrons. The van der Waals surface area contributed by atoms with E-state index < -0.39 is 7.12 Å². The summed E-state index contributed by atoms with van der Waals surface area (Å²) in [5.74, 6) is 0.511. The molecular formula is C13H14BNO3. The van der Waals surface area contributed by atoms with Crippen LogP contribution in [-0.4, -0.2) is 22.2 Å². The highest BCUT2D eigenvalue weighted by Gasteiger charge is 2.13. The Kier molecular flexibility index (Phi) is 3.97. The summed E-state index contributed by atoms with van der Waals surface area (Å²) in [5, 5.41) is 18.1. The van der Waals surface area contributed by atoms with E-state index in [4.69, 9.17) is 14.8 Å². The van der Waals surface area contributed by atoms with Crippen molar-refractivity contribution in [3.8, 4) is 5.75 Å². The van der Waals surface area contributed by atoms with Gasteiger partial charge in [0.2, 0.25) is 0 Å². The molecule has 0 bridgehead atoms. The lowest BCUT2D eigenvalue weighted by Crippen LogP contribution is -2.30. The third kappa shape index (κ3) is 3.09. The molecule has 4 nitrogen and oxygen atoms in total. The van der Waals surface area contributed by atoms with E-state index in [1.165, 1.54) is 6.20 Å². The Balaban J connectivity index is 2.12. The maximum Gasteiger partial charge on any atom is 0.490 e. The average molecular weight is 243 g/mol. The highest BCUT2D eigenvalue weighted by molar-refractivity contribution is 6.58. The summed E-state index contributed by atoms with van der Waals surface area (Å²) in [7, 11) is -1.53. The van der Waals surface area contributed by atoms with Gasteiger partial charge >= 0.3 is 7.12 Å². The number of aromatic nitrogens is 1. The number of pyridine rings is 1. The minimum absolute atomic E-state index is 0.126. The lowest BCUT2D eigenvalue weighted by atomic mass is 9.82. The molecule has 0 spiro atoms. The van der Waals surface area contributed by atoms with E-state index >= 15 is 0 Å². The molecule has 0 aliphatic rings. The summed E-state index contributed by atoms with van der Waals surface area (Å²) in [5.41, 5.74) is 1.36. The number of ether oxygens (including phenoxy) is 1. The van der Waals surface area contributed by atoms with Crippen LogP contribution < -0.4 is 10.2 Å². The van der Waals surface area contributed by atoms with Gasteiger partial charge in [-0.15, -0.1) is 0 Å². The first-order valence-corrected chi connectivity index (χ1v) is 5.69. The van der Waals surface area contributed by atoms with Crippen LogP contribution >= 0.6 is 0 Å². The third-order valence-corrected chi connectivity index (χ3v) is 2.61. The van der Waals surface area contributed by atoms with Gasteiger partial charge in [-0.2, -0.15) is 0 Å². The van der Waals surface area contributed by atoms with E-state index in [-0.39, 0.29) is 6.10 Å². The third-order valence-electron chi connectivity index (χ3n) is 2.61. The van der Waals surface area contributed by atoms with Gasteiger partial charge in [0.05, 0.1) is 6.20 Å². The van der Waals surface area contributed by atoms with E-state index in [1.54, 1.807) is 12.3 Å². The summed E-state index contributed by atoms with van der Waals surface area (Å²) < 4.78 is 5.71. The summed E-state index contributed by atoms with van der Waals surface area (Å²) in [6.07, 6.45) is 2.81. The van der Waals surface area contributed by atoms with E-state index in [0.717, 1.165) is 5.56 Å². The minimum Gasteiger partial charge on any atom is -0.484 e. The predicted molar refractivity (Wildman–Crippen MR) is 69.5 cm³/mol. The van der Waals surface area contributed by atoms with Gasteiger partial charge in [-0.25, -0.2) is 0 Å². The van der Waals surface area contributed by atoms with Crippen LogP contribution in [-0.2, 0) is 0 Å². The van der Waals surface area contributed by atoms with Crippen molar-refractivity contribution in [3.63, 3.8) is 0 Å². The molecule has 0 radical (unpaired) electrons. The second kappa shape index (κ2) is 5.66. The molecule has 0 aliphatic heterocycles. The van der Waals surface area contributed by atoms with Crippen LogP contribution in [0.25, 0.3) is 0 Å². The van der Waals surface area contributed by atoms with Crippen LogP contribution in [0.3, 0.4) is 0 Å². The summed E-state index contributed by atoms with van der Waals surface area (Å²) in [6.45, 7) is 1.93. The molecule has 0 saturated carbocycles. The van der Waals surface area contributed by atoms with Crippen molar-refractivity contribution in [1.29, 1.82) is 0 Å². The number of nitrogens with zero attached hydrogens (tertiary/aromatic N) is 1. The molecule has 2 rings (SSSR count). The van der Waals surface area contributed by atoms with Crippen molar-refractivity contribution in [3.05, 3.63) is 54.4 Å². The first-order valence-electron chi connectivity index (χ1n) is 5.69. The molecule has 5 heteroatoms. The Morgan fingerprint density at radius 3 is 2.56 bits per heavy atom. The fraction of sp³-hybridized carbons (Fsp3) is 0.154. The molecule has 0 saturated heterocycles. The van der Waals surface area contributed by atoms with Gasteiger partial charge in [0.1, 0.15) is 11.9 Å². The van der Waals surface area contributed by atoms with E-state index in [2.05, 4.69) is 4.98 Å². The van der Waals surface area contributed by atoms with Gasteiger partial charge in [-0.05, 0) is 18.6 Å². The highest BCUT2D eigenvalue weighted by Crippen LogP contribution is 2.19. The van der Waals surface area contributed by atoms with Crippen molar-refractivity contribution < 1.29 is 14.8 Å². The molecule has 1 unspecified atom stereocenters. The van der Waals surface area contributed by atoms with Gasteiger partial charge in [0.15, 0.2) is 0 Å². The molecule has 2 aromatic rings. The standard InChI is InChI=1S/C13H14BNO3/c1-10(11-5-3-2-4-6-11)18-13-7-12(14(16)17)8-15-9-13/h2-10,16-17H,1H3. The molecular weight excluding hydrogens is 229 g/mol. The molecule has 1 aromatic heterocycles. The van der Waals surface area contributed by atoms with E-state index in [9.17, 15) is 0 Å². The van der Waals surface area contributed by atoms with Crippen LogP contribution in [0.5, 0.6) is 5.75 Å². The second-order valence-corrected chi connectivity index (χ2v) is 4.00. The molecule has 0 aliphatic carbocycles. The van der Waals surface area contributed by atoms with Crippen LogP contribution in [0.2, 0.25) is 0 Å². The normalized spacial score (nSPS) is 11.9. The molecule has 2 N–H and O–H groups in total. The minimum atomic E-state index is -1.53. The van der Waals surface area contributed by atoms with E-state index in [0.29, 0.717) is 11.2 Å². The van der Waals surface area contributed by atoms with Crippen LogP contribution in [0.15, 0.2) is 48.8 Å². The second-order valence-electron chi connectivity index (χ2n) is 4.00. The summed E-state index contributed by atoms with van der Waals surface area (Å²) in [6, 6.07) is 11.4. The quantitative estimate of drug-likeness (QED) is 0.783. The Bertz CT molecular complexity index is 505. The van der Waals surface area contributed by atoms with Crippen molar-refractivity contribution in [2.75, 3.05) is 0 Å². The van der Waals surface area contributed by atoms with Crippen molar-refractivity contribution in [2.24, 2.45) is 0 Å².